The van der Waals surface area contributed by atoms with E-state index in [0.29, 0.717) is 5.56 Å². The first-order valence-corrected chi connectivity index (χ1v) is 9.72. The molecule has 0 aromatic heterocycles. The van der Waals surface area contributed by atoms with Crippen LogP contribution in [0.2, 0.25) is 0 Å². The maximum absolute atomic E-state index is 13.8. The van der Waals surface area contributed by atoms with Crippen LogP contribution < -0.4 is 10.6 Å². The molecule has 2 amide bonds. The number of amides is 2. The number of carbonyl (C=O) groups excluding carboxylic acids is 2. The van der Waals surface area contributed by atoms with Gasteiger partial charge in [-0.15, -0.1) is 0 Å². The lowest BCUT2D eigenvalue weighted by Crippen LogP contribution is -2.55. The molecule has 2 N–H and O–H groups in total. The maximum Gasteiger partial charge on any atom is 0.251 e. The van der Waals surface area contributed by atoms with Crippen molar-refractivity contribution in [1.82, 2.24) is 5.32 Å². The first-order chi connectivity index (χ1) is 12.3. The predicted octanol–water partition coefficient (Wildman–Crippen LogP) is 4.12. The van der Waals surface area contributed by atoms with Gasteiger partial charge in [0.25, 0.3) is 5.91 Å². The molecule has 4 nitrogen and oxygen atoms in total. The summed E-state index contributed by atoms with van der Waals surface area (Å²) in [5, 5.41) is 5.62. The van der Waals surface area contributed by atoms with E-state index in [9.17, 15) is 14.0 Å². The quantitative estimate of drug-likeness (QED) is 0.851. The third-order valence-corrected chi connectivity index (χ3v) is 6.89. The fourth-order valence-corrected chi connectivity index (χ4v) is 6.09. The van der Waals surface area contributed by atoms with Crippen LogP contribution in [0.25, 0.3) is 0 Å². The molecule has 0 radical (unpaired) electrons. The summed E-state index contributed by atoms with van der Waals surface area (Å²) in [4.78, 5) is 24.0. The second-order valence-corrected chi connectivity index (χ2v) is 8.85. The van der Waals surface area contributed by atoms with E-state index in [1.807, 2.05) is 0 Å². The molecule has 26 heavy (non-hydrogen) atoms. The lowest BCUT2D eigenvalue weighted by Gasteiger charge is -2.59. The molecule has 0 saturated heterocycles. The average molecular weight is 358 g/mol. The summed E-state index contributed by atoms with van der Waals surface area (Å²) in [6, 6.07) is 4.23. The molecule has 1 atom stereocenters. The highest BCUT2D eigenvalue weighted by atomic mass is 19.1. The van der Waals surface area contributed by atoms with Crippen LogP contribution >= 0.6 is 0 Å². The van der Waals surface area contributed by atoms with Crippen molar-refractivity contribution in [2.45, 2.75) is 58.4 Å². The maximum atomic E-state index is 13.8. The standard InChI is InChI=1S/C21H27FN2O2/c1-12(21-9-14-5-15(10-21)7-16(6-14)11-21)23-20(26)17-3-4-18(22)19(8-17)24-13(2)25/h3-4,8,12,14-16H,5-7,9-11H2,1-2H3,(H,23,26)(H,24,25)/t12-,14?,15?,16?,21?/m1/s1. The minimum atomic E-state index is -0.536. The number of nitrogens with one attached hydrogen (secondary N) is 2. The Kier molecular flexibility index (Phi) is 4.28. The van der Waals surface area contributed by atoms with E-state index in [-0.39, 0.29) is 29.0 Å². The number of hydrogen-bond donors (Lipinski definition) is 2. The van der Waals surface area contributed by atoms with Crippen molar-refractivity contribution < 1.29 is 14.0 Å². The number of rotatable bonds is 4. The van der Waals surface area contributed by atoms with Crippen molar-refractivity contribution in [3.05, 3.63) is 29.6 Å². The summed E-state index contributed by atoms with van der Waals surface area (Å²) >= 11 is 0. The van der Waals surface area contributed by atoms with Crippen LogP contribution in [0.5, 0.6) is 0 Å². The lowest BCUT2D eigenvalue weighted by atomic mass is 9.48. The molecule has 4 fully saturated rings. The van der Waals surface area contributed by atoms with Crippen molar-refractivity contribution in [2.75, 3.05) is 5.32 Å². The Morgan fingerprint density at radius 3 is 2.23 bits per heavy atom. The molecule has 4 aliphatic carbocycles. The molecule has 0 unspecified atom stereocenters. The van der Waals surface area contributed by atoms with Crippen molar-refractivity contribution in [3.8, 4) is 0 Å². The number of carbonyl (C=O) groups is 2. The number of halogens is 1. The molecule has 4 bridgehead atoms. The predicted molar refractivity (Wildman–Crippen MR) is 98.2 cm³/mol. The Labute approximate surface area is 153 Å². The van der Waals surface area contributed by atoms with E-state index in [1.54, 1.807) is 0 Å². The molecule has 1 aromatic rings. The van der Waals surface area contributed by atoms with Gasteiger partial charge in [0.05, 0.1) is 5.69 Å². The van der Waals surface area contributed by atoms with E-state index in [0.717, 1.165) is 17.8 Å². The van der Waals surface area contributed by atoms with E-state index >= 15 is 0 Å². The zero-order chi connectivity index (χ0) is 18.5. The second-order valence-electron chi connectivity index (χ2n) is 8.85. The summed E-state index contributed by atoms with van der Waals surface area (Å²) in [7, 11) is 0. The van der Waals surface area contributed by atoms with Crippen LogP contribution in [0.15, 0.2) is 18.2 Å². The zero-order valence-electron chi connectivity index (χ0n) is 15.5. The summed E-state index contributed by atoms with van der Waals surface area (Å²) in [6.45, 7) is 3.45. The Hall–Kier alpha value is -1.91. The van der Waals surface area contributed by atoms with Crippen molar-refractivity contribution in [2.24, 2.45) is 23.2 Å². The highest BCUT2D eigenvalue weighted by Crippen LogP contribution is 2.61. The fourth-order valence-electron chi connectivity index (χ4n) is 6.09. The molecule has 5 rings (SSSR count). The van der Waals surface area contributed by atoms with E-state index in [2.05, 4.69) is 17.6 Å². The number of anilines is 1. The van der Waals surface area contributed by atoms with E-state index in [1.165, 1.54) is 63.6 Å². The van der Waals surface area contributed by atoms with Crippen molar-refractivity contribution in [3.63, 3.8) is 0 Å². The molecule has 4 aliphatic rings. The fraction of sp³-hybridized carbons (Fsp3) is 0.619. The lowest BCUT2D eigenvalue weighted by molar-refractivity contribution is -0.114. The first-order valence-electron chi connectivity index (χ1n) is 9.72. The Balaban J connectivity index is 1.49. The first kappa shape index (κ1) is 17.5. The highest BCUT2D eigenvalue weighted by Gasteiger charge is 2.53. The van der Waals surface area contributed by atoms with Gasteiger partial charge in [-0.1, -0.05) is 0 Å². The summed E-state index contributed by atoms with van der Waals surface area (Å²) < 4.78 is 13.8. The SMILES string of the molecule is CC(=O)Nc1cc(C(=O)N[C@H](C)C23CC4CC(CC(C4)C2)C3)ccc1F. The van der Waals surface area contributed by atoms with Gasteiger partial charge in [0.2, 0.25) is 5.91 Å². The van der Waals surface area contributed by atoms with Crippen LogP contribution in [0.1, 0.15) is 62.7 Å². The third-order valence-electron chi connectivity index (χ3n) is 6.89. The van der Waals surface area contributed by atoms with Crippen LogP contribution in [0.4, 0.5) is 10.1 Å². The minimum Gasteiger partial charge on any atom is -0.349 e. The van der Waals surface area contributed by atoms with E-state index in [4.69, 9.17) is 0 Å². The molecule has 0 heterocycles. The smallest absolute Gasteiger partial charge is 0.251 e. The van der Waals surface area contributed by atoms with Crippen molar-refractivity contribution >= 4 is 17.5 Å². The Morgan fingerprint density at radius 1 is 1.12 bits per heavy atom. The van der Waals surface area contributed by atoms with Gasteiger partial charge in [0.15, 0.2) is 0 Å². The van der Waals surface area contributed by atoms with E-state index < -0.39 is 5.82 Å². The van der Waals surface area contributed by atoms with Gasteiger partial charge in [0, 0.05) is 18.5 Å². The van der Waals surface area contributed by atoms with Gasteiger partial charge < -0.3 is 10.6 Å². The summed E-state index contributed by atoms with van der Waals surface area (Å²) in [6.07, 6.45) is 7.79. The van der Waals surface area contributed by atoms with Gasteiger partial charge in [0.1, 0.15) is 5.82 Å². The average Bonchev–Trinajstić information content (AvgIpc) is 2.55. The normalized spacial score (nSPS) is 33.0. The zero-order valence-corrected chi connectivity index (χ0v) is 15.5. The van der Waals surface area contributed by atoms with Gasteiger partial charge in [-0.25, -0.2) is 4.39 Å². The summed E-state index contributed by atoms with van der Waals surface area (Å²) in [5.74, 6) is 1.41. The summed E-state index contributed by atoms with van der Waals surface area (Å²) in [5.41, 5.74) is 0.657. The van der Waals surface area contributed by atoms with Gasteiger partial charge in [-0.05, 0) is 86.8 Å². The topological polar surface area (TPSA) is 58.2 Å². The molecular weight excluding hydrogens is 331 g/mol. The van der Waals surface area contributed by atoms with Crippen molar-refractivity contribution in [1.29, 1.82) is 0 Å². The number of hydrogen-bond acceptors (Lipinski definition) is 2. The van der Waals surface area contributed by atoms with Crippen LogP contribution in [-0.4, -0.2) is 17.9 Å². The van der Waals surface area contributed by atoms with Gasteiger partial charge >= 0.3 is 0 Å². The third kappa shape index (κ3) is 3.12. The van der Waals surface area contributed by atoms with Gasteiger partial charge in [-0.3, -0.25) is 9.59 Å². The van der Waals surface area contributed by atoms with Crippen LogP contribution in [-0.2, 0) is 4.79 Å². The molecule has 1 aromatic carbocycles. The minimum absolute atomic E-state index is 0.0487. The second kappa shape index (κ2) is 6.36. The van der Waals surface area contributed by atoms with Crippen LogP contribution in [0.3, 0.4) is 0 Å². The molecule has 4 saturated carbocycles. The molecule has 0 aliphatic heterocycles. The van der Waals surface area contributed by atoms with Crippen LogP contribution in [0, 0.1) is 29.0 Å². The Morgan fingerprint density at radius 2 is 1.69 bits per heavy atom. The largest absolute Gasteiger partial charge is 0.349 e. The molecule has 0 spiro atoms. The monoisotopic (exact) mass is 358 g/mol. The Bertz CT molecular complexity index is 710. The number of benzene rings is 1. The highest BCUT2D eigenvalue weighted by molar-refractivity contribution is 5.97. The molecular formula is C21H27FN2O2. The van der Waals surface area contributed by atoms with Gasteiger partial charge in [-0.2, -0.15) is 0 Å². The molecule has 140 valence electrons. The molecule has 5 heteroatoms.